The predicted molar refractivity (Wildman–Crippen MR) is 64.3 cm³/mol. The Bertz CT molecular complexity index is 431. The van der Waals surface area contributed by atoms with Crippen LogP contribution < -0.4 is 0 Å². The maximum Gasteiger partial charge on any atom is 0.313 e. The molecule has 0 saturated carbocycles. The fourth-order valence-electron chi connectivity index (χ4n) is 2.94. The molecule has 3 nitrogen and oxygen atoms in total. The van der Waals surface area contributed by atoms with Crippen LogP contribution in [-0.2, 0) is 16.1 Å². The van der Waals surface area contributed by atoms with Gasteiger partial charge in [-0.05, 0) is 12.5 Å². The molecule has 17 heavy (non-hydrogen) atoms. The van der Waals surface area contributed by atoms with Crippen LogP contribution in [0.1, 0.15) is 12.5 Å². The zero-order valence-corrected chi connectivity index (χ0v) is 10.1. The Labute approximate surface area is 101 Å². The van der Waals surface area contributed by atoms with Crippen molar-refractivity contribution in [1.82, 2.24) is 4.90 Å². The first-order valence-corrected chi connectivity index (χ1v) is 6.12. The summed E-state index contributed by atoms with van der Waals surface area (Å²) in [6.07, 6.45) is 0. The van der Waals surface area contributed by atoms with E-state index >= 15 is 0 Å². The lowest BCUT2D eigenvalue weighted by atomic mass is 9.83. The van der Waals surface area contributed by atoms with E-state index in [4.69, 9.17) is 4.74 Å². The molecule has 0 N–H and O–H groups in total. The van der Waals surface area contributed by atoms with Crippen molar-refractivity contribution in [2.45, 2.75) is 13.5 Å². The number of carbonyl (C=O) groups is 1. The average Bonchev–Trinajstić information content (AvgIpc) is 2.77. The average molecular weight is 231 g/mol. The van der Waals surface area contributed by atoms with Gasteiger partial charge in [-0.1, -0.05) is 30.3 Å². The highest BCUT2D eigenvalue weighted by Crippen LogP contribution is 2.42. The lowest BCUT2D eigenvalue weighted by Gasteiger charge is -2.19. The maximum absolute atomic E-state index is 11.7. The van der Waals surface area contributed by atoms with Crippen molar-refractivity contribution in [1.29, 1.82) is 0 Å². The van der Waals surface area contributed by atoms with Crippen LogP contribution in [0.4, 0.5) is 0 Å². The van der Waals surface area contributed by atoms with Crippen LogP contribution in [0.5, 0.6) is 0 Å². The van der Waals surface area contributed by atoms with Crippen LogP contribution in [0.25, 0.3) is 0 Å². The van der Waals surface area contributed by atoms with Gasteiger partial charge >= 0.3 is 5.97 Å². The SMILES string of the molecule is C[C@@]12CN(Cc3ccccc3)C[C@@H]1COC2=O. The molecule has 0 bridgehead atoms. The highest BCUT2D eigenvalue weighted by Gasteiger charge is 2.54. The Morgan fingerprint density at radius 1 is 1.41 bits per heavy atom. The van der Waals surface area contributed by atoms with Gasteiger partial charge in [0.25, 0.3) is 0 Å². The van der Waals surface area contributed by atoms with Crippen molar-refractivity contribution in [2.75, 3.05) is 19.7 Å². The van der Waals surface area contributed by atoms with Gasteiger partial charge in [-0.25, -0.2) is 0 Å². The van der Waals surface area contributed by atoms with Crippen LogP contribution in [0.2, 0.25) is 0 Å². The number of fused-ring (bicyclic) bond motifs is 1. The predicted octanol–water partition coefficient (Wildman–Crippen LogP) is 1.68. The first-order chi connectivity index (χ1) is 8.18. The summed E-state index contributed by atoms with van der Waals surface area (Å²) in [6.45, 7) is 5.36. The van der Waals surface area contributed by atoms with E-state index < -0.39 is 0 Å². The molecule has 3 heteroatoms. The van der Waals surface area contributed by atoms with Crippen molar-refractivity contribution in [3.8, 4) is 0 Å². The smallest absolute Gasteiger partial charge is 0.313 e. The van der Waals surface area contributed by atoms with Gasteiger partial charge in [-0.3, -0.25) is 9.69 Å². The number of rotatable bonds is 2. The molecule has 0 aliphatic carbocycles. The second kappa shape index (κ2) is 3.84. The molecule has 2 atom stereocenters. The number of likely N-dealkylation sites (tertiary alicyclic amines) is 1. The summed E-state index contributed by atoms with van der Waals surface area (Å²) in [6, 6.07) is 10.4. The fourth-order valence-corrected chi connectivity index (χ4v) is 2.94. The van der Waals surface area contributed by atoms with Gasteiger partial charge < -0.3 is 4.74 Å². The summed E-state index contributed by atoms with van der Waals surface area (Å²) in [5, 5.41) is 0. The summed E-state index contributed by atoms with van der Waals surface area (Å²) < 4.78 is 5.16. The van der Waals surface area contributed by atoms with Crippen LogP contribution in [0, 0.1) is 11.3 Å². The standard InChI is InChI=1S/C14H17NO2/c1-14-10-15(7-11-5-3-2-4-6-11)8-12(14)9-17-13(14)16/h2-6,12H,7-10H2,1H3/t12-,14-/m1/s1. The number of carbonyl (C=O) groups excluding carboxylic acids is 1. The number of benzene rings is 1. The molecule has 2 aliphatic heterocycles. The van der Waals surface area contributed by atoms with Gasteiger partial charge in [-0.15, -0.1) is 0 Å². The van der Waals surface area contributed by atoms with E-state index in [1.165, 1.54) is 5.56 Å². The molecule has 0 radical (unpaired) electrons. The minimum absolute atomic E-state index is 0.0157. The molecule has 90 valence electrons. The number of hydrogen-bond donors (Lipinski definition) is 0. The van der Waals surface area contributed by atoms with Crippen molar-refractivity contribution in [3.05, 3.63) is 35.9 Å². The summed E-state index contributed by atoms with van der Waals surface area (Å²) in [4.78, 5) is 14.1. The van der Waals surface area contributed by atoms with Gasteiger partial charge in [0.05, 0.1) is 12.0 Å². The second-order valence-electron chi connectivity index (χ2n) is 5.37. The van der Waals surface area contributed by atoms with Crippen LogP contribution in [0.15, 0.2) is 30.3 Å². The van der Waals surface area contributed by atoms with Crippen LogP contribution in [-0.4, -0.2) is 30.6 Å². The van der Waals surface area contributed by atoms with Gasteiger partial charge in [0.15, 0.2) is 0 Å². The van der Waals surface area contributed by atoms with Gasteiger partial charge in [0.2, 0.25) is 0 Å². The highest BCUT2D eigenvalue weighted by atomic mass is 16.5. The Morgan fingerprint density at radius 2 is 2.18 bits per heavy atom. The van der Waals surface area contributed by atoms with Crippen LogP contribution in [0.3, 0.4) is 0 Å². The minimum Gasteiger partial charge on any atom is -0.465 e. The normalized spacial score (nSPS) is 32.5. The van der Waals surface area contributed by atoms with Gasteiger partial charge in [0.1, 0.15) is 0 Å². The van der Waals surface area contributed by atoms with Crippen LogP contribution >= 0.6 is 0 Å². The molecule has 0 spiro atoms. The Hall–Kier alpha value is -1.35. The fraction of sp³-hybridized carbons (Fsp3) is 0.500. The summed E-state index contributed by atoms with van der Waals surface area (Å²) in [7, 11) is 0. The molecule has 2 aliphatic rings. The first-order valence-electron chi connectivity index (χ1n) is 6.12. The molecular formula is C14H17NO2. The van der Waals surface area contributed by atoms with E-state index in [-0.39, 0.29) is 11.4 Å². The Kier molecular flexibility index (Phi) is 2.44. The molecule has 1 aromatic carbocycles. The van der Waals surface area contributed by atoms with E-state index in [1.807, 2.05) is 13.0 Å². The summed E-state index contributed by atoms with van der Waals surface area (Å²) in [5.41, 5.74) is 1.04. The largest absolute Gasteiger partial charge is 0.465 e. The molecule has 2 fully saturated rings. The topological polar surface area (TPSA) is 29.5 Å². The maximum atomic E-state index is 11.7. The van der Waals surface area contributed by atoms with E-state index in [2.05, 4.69) is 29.2 Å². The number of nitrogens with zero attached hydrogens (tertiary/aromatic N) is 1. The lowest BCUT2D eigenvalue weighted by molar-refractivity contribution is -0.145. The monoisotopic (exact) mass is 231 g/mol. The first kappa shape index (κ1) is 10.8. The van der Waals surface area contributed by atoms with E-state index in [9.17, 15) is 4.79 Å². The minimum atomic E-state index is -0.269. The second-order valence-corrected chi connectivity index (χ2v) is 5.37. The molecule has 0 amide bonds. The zero-order chi connectivity index (χ0) is 11.9. The van der Waals surface area contributed by atoms with E-state index in [0.717, 1.165) is 19.6 Å². The van der Waals surface area contributed by atoms with Crippen molar-refractivity contribution in [2.24, 2.45) is 11.3 Å². The Balaban J connectivity index is 1.71. The van der Waals surface area contributed by atoms with Gasteiger partial charge in [-0.2, -0.15) is 0 Å². The molecule has 0 unspecified atom stereocenters. The third-order valence-corrected chi connectivity index (χ3v) is 4.06. The lowest BCUT2D eigenvalue weighted by Crippen LogP contribution is -2.31. The third kappa shape index (κ3) is 1.75. The zero-order valence-electron chi connectivity index (χ0n) is 10.1. The summed E-state index contributed by atoms with van der Waals surface area (Å²) in [5.74, 6) is 0.358. The molecular weight excluding hydrogens is 214 g/mol. The third-order valence-electron chi connectivity index (χ3n) is 4.06. The van der Waals surface area contributed by atoms with E-state index in [0.29, 0.717) is 12.5 Å². The molecule has 2 saturated heterocycles. The highest BCUT2D eigenvalue weighted by molar-refractivity contribution is 5.79. The van der Waals surface area contributed by atoms with Crippen molar-refractivity contribution >= 4 is 5.97 Å². The van der Waals surface area contributed by atoms with Crippen molar-refractivity contribution < 1.29 is 9.53 Å². The number of esters is 1. The van der Waals surface area contributed by atoms with Crippen molar-refractivity contribution in [3.63, 3.8) is 0 Å². The van der Waals surface area contributed by atoms with Gasteiger partial charge in [0, 0.05) is 25.6 Å². The molecule has 2 heterocycles. The number of cyclic esters (lactones) is 1. The molecule has 3 rings (SSSR count). The quantitative estimate of drug-likeness (QED) is 0.725. The molecule has 0 aromatic heterocycles. The number of ether oxygens (including phenoxy) is 1. The number of hydrogen-bond acceptors (Lipinski definition) is 3. The summed E-state index contributed by atoms with van der Waals surface area (Å²) >= 11 is 0. The van der Waals surface area contributed by atoms with E-state index in [1.54, 1.807) is 0 Å². The molecule has 1 aromatic rings. The Morgan fingerprint density at radius 3 is 2.88 bits per heavy atom.